The Morgan fingerprint density at radius 3 is 2.79 bits per heavy atom. The van der Waals surface area contributed by atoms with Gasteiger partial charge in [0.2, 0.25) is 0 Å². The number of nitrogen functional groups attached to an aromatic ring is 1. The highest BCUT2D eigenvalue weighted by Gasteiger charge is 2.17. The molecule has 0 spiro atoms. The van der Waals surface area contributed by atoms with Crippen LogP contribution in [0.25, 0.3) is 10.9 Å². The Morgan fingerprint density at radius 2 is 2.00 bits per heavy atom. The van der Waals surface area contributed by atoms with E-state index in [1.165, 1.54) is 24.8 Å². The van der Waals surface area contributed by atoms with Crippen molar-refractivity contribution < 1.29 is 4.74 Å². The number of aryl methyl sites for hydroxylation is 1. The van der Waals surface area contributed by atoms with E-state index in [0.717, 1.165) is 45.3 Å². The number of rotatable bonds is 1. The zero-order valence-corrected chi connectivity index (χ0v) is 12.6. The Hall–Kier alpha value is -1.29. The molecule has 19 heavy (non-hydrogen) atoms. The van der Waals surface area contributed by atoms with Gasteiger partial charge in [-0.3, -0.25) is 0 Å². The van der Waals surface area contributed by atoms with Crippen LogP contribution in [-0.4, -0.2) is 12.1 Å². The summed E-state index contributed by atoms with van der Waals surface area (Å²) in [6.07, 6.45) is 5.72. The maximum Gasteiger partial charge on any atom is 0.146 e. The van der Waals surface area contributed by atoms with Gasteiger partial charge >= 0.3 is 0 Å². The molecule has 1 aromatic carbocycles. The number of hydrogen-bond acceptors (Lipinski definition) is 3. The number of aromatic nitrogens is 1. The van der Waals surface area contributed by atoms with Crippen molar-refractivity contribution in [2.45, 2.75) is 32.1 Å². The van der Waals surface area contributed by atoms with Crippen molar-refractivity contribution >= 4 is 32.5 Å². The third-order valence-corrected chi connectivity index (χ3v) is 4.27. The number of benzene rings is 1. The molecule has 0 aliphatic heterocycles. The average molecular weight is 321 g/mol. The SMILES string of the molecule is COc1cc(Br)cc2c(N)c3c(nc12)CCCCC3. The summed E-state index contributed by atoms with van der Waals surface area (Å²) in [4.78, 5) is 4.82. The highest BCUT2D eigenvalue weighted by atomic mass is 79.9. The van der Waals surface area contributed by atoms with E-state index in [-0.39, 0.29) is 0 Å². The van der Waals surface area contributed by atoms with Gasteiger partial charge in [-0.1, -0.05) is 22.4 Å². The number of pyridine rings is 1. The molecular formula is C15H17BrN2O. The Kier molecular flexibility index (Phi) is 3.35. The molecule has 1 heterocycles. The highest BCUT2D eigenvalue weighted by Crippen LogP contribution is 2.36. The summed E-state index contributed by atoms with van der Waals surface area (Å²) >= 11 is 3.51. The molecule has 0 amide bonds. The lowest BCUT2D eigenvalue weighted by Gasteiger charge is -2.14. The topological polar surface area (TPSA) is 48.1 Å². The van der Waals surface area contributed by atoms with Crippen molar-refractivity contribution in [2.75, 3.05) is 12.8 Å². The summed E-state index contributed by atoms with van der Waals surface area (Å²) < 4.78 is 6.41. The predicted octanol–water partition coefficient (Wildman–Crippen LogP) is 3.86. The molecular weight excluding hydrogens is 304 g/mol. The molecule has 100 valence electrons. The van der Waals surface area contributed by atoms with Crippen LogP contribution in [0, 0.1) is 0 Å². The standard InChI is InChI=1S/C15H17BrN2O/c1-19-13-8-9(16)7-11-14(17)10-5-3-2-4-6-12(10)18-15(11)13/h7-8H,2-6H2,1H3,(H2,17,18). The third kappa shape index (κ3) is 2.18. The summed E-state index contributed by atoms with van der Waals surface area (Å²) in [5.41, 5.74) is 10.5. The summed E-state index contributed by atoms with van der Waals surface area (Å²) in [6, 6.07) is 3.98. The molecule has 2 N–H and O–H groups in total. The van der Waals surface area contributed by atoms with Crippen molar-refractivity contribution in [1.29, 1.82) is 0 Å². The molecule has 0 saturated heterocycles. The molecule has 1 aliphatic carbocycles. The van der Waals surface area contributed by atoms with Crippen LogP contribution in [-0.2, 0) is 12.8 Å². The maximum absolute atomic E-state index is 6.39. The van der Waals surface area contributed by atoms with Crippen molar-refractivity contribution in [3.8, 4) is 5.75 Å². The fourth-order valence-corrected chi connectivity index (χ4v) is 3.26. The van der Waals surface area contributed by atoms with E-state index in [9.17, 15) is 0 Å². The smallest absolute Gasteiger partial charge is 0.146 e. The van der Waals surface area contributed by atoms with Crippen LogP contribution < -0.4 is 10.5 Å². The van der Waals surface area contributed by atoms with E-state index >= 15 is 0 Å². The van der Waals surface area contributed by atoms with Crippen LogP contribution in [0.1, 0.15) is 30.5 Å². The van der Waals surface area contributed by atoms with E-state index in [2.05, 4.69) is 15.9 Å². The first kappa shape index (κ1) is 12.7. The average Bonchev–Trinajstić information content (AvgIpc) is 2.64. The molecule has 0 unspecified atom stereocenters. The molecule has 1 aromatic heterocycles. The minimum absolute atomic E-state index is 0.781. The van der Waals surface area contributed by atoms with Crippen molar-refractivity contribution in [3.63, 3.8) is 0 Å². The second kappa shape index (κ2) is 5.00. The number of hydrogen-bond donors (Lipinski definition) is 1. The normalized spacial score (nSPS) is 15.1. The van der Waals surface area contributed by atoms with Crippen LogP contribution in [0.3, 0.4) is 0 Å². The van der Waals surface area contributed by atoms with Crippen molar-refractivity contribution in [2.24, 2.45) is 0 Å². The first-order chi connectivity index (χ1) is 9.20. The summed E-state index contributed by atoms with van der Waals surface area (Å²) in [6.45, 7) is 0. The number of nitrogens with two attached hydrogens (primary N) is 1. The molecule has 0 bridgehead atoms. The van der Waals surface area contributed by atoms with Gasteiger partial charge in [0, 0.05) is 21.2 Å². The van der Waals surface area contributed by atoms with Gasteiger partial charge in [0.1, 0.15) is 11.3 Å². The lowest BCUT2D eigenvalue weighted by molar-refractivity contribution is 0.418. The number of methoxy groups -OCH3 is 1. The fraction of sp³-hybridized carbons (Fsp3) is 0.400. The molecule has 0 atom stereocenters. The molecule has 1 aliphatic rings. The first-order valence-corrected chi connectivity index (χ1v) is 7.44. The summed E-state index contributed by atoms with van der Waals surface area (Å²) in [5, 5.41) is 0.992. The van der Waals surface area contributed by atoms with E-state index in [4.69, 9.17) is 15.5 Å². The zero-order valence-electron chi connectivity index (χ0n) is 11.0. The van der Waals surface area contributed by atoms with Gasteiger partial charge in [-0.15, -0.1) is 0 Å². The number of halogens is 1. The van der Waals surface area contributed by atoms with Crippen molar-refractivity contribution in [1.82, 2.24) is 4.98 Å². The number of ether oxygens (including phenoxy) is 1. The second-order valence-electron chi connectivity index (χ2n) is 5.02. The molecule has 0 fully saturated rings. The lowest BCUT2D eigenvalue weighted by atomic mass is 10.0. The maximum atomic E-state index is 6.39. The van der Waals surface area contributed by atoms with Gasteiger partial charge in [0.15, 0.2) is 0 Å². The minimum atomic E-state index is 0.781. The number of nitrogens with zero attached hydrogens (tertiary/aromatic N) is 1. The minimum Gasteiger partial charge on any atom is -0.494 e. The van der Waals surface area contributed by atoms with Crippen LogP contribution >= 0.6 is 15.9 Å². The highest BCUT2D eigenvalue weighted by molar-refractivity contribution is 9.10. The lowest BCUT2D eigenvalue weighted by Crippen LogP contribution is -2.04. The largest absolute Gasteiger partial charge is 0.494 e. The Labute approximate surface area is 121 Å². The van der Waals surface area contributed by atoms with E-state index in [1.807, 2.05) is 12.1 Å². The van der Waals surface area contributed by atoms with E-state index in [0.29, 0.717) is 0 Å². The number of anilines is 1. The zero-order chi connectivity index (χ0) is 13.4. The van der Waals surface area contributed by atoms with Gasteiger partial charge < -0.3 is 10.5 Å². The van der Waals surface area contributed by atoms with Gasteiger partial charge in [-0.05, 0) is 43.4 Å². The first-order valence-electron chi connectivity index (χ1n) is 6.65. The van der Waals surface area contributed by atoms with Gasteiger partial charge in [0.05, 0.1) is 7.11 Å². The van der Waals surface area contributed by atoms with Crippen LogP contribution in [0.4, 0.5) is 5.69 Å². The van der Waals surface area contributed by atoms with Gasteiger partial charge in [0.25, 0.3) is 0 Å². The number of fused-ring (bicyclic) bond motifs is 2. The molecule has 2 aromatic rings. The summed E-state index contributed by atoms with van der Waals surface area (Å²) in [5.74, 6) is 0.781. The quantitative estimate of drug-likeness (QED) is 0.812. The Balaban J connectivity index is 2.33. The van der Waals surface area contributed by atoms with Gasteiger partial charge in [-0.2, -0.15) is 0 Å². The van der Waals surface area contributed by atoms with E-state index in [1.54, 1.807) is 7.11 Å². The fourth-order valence-electron chi connectivity index (χ4n) is 2.83. The third-order valence-electron chi connectivity index (χ3n) is 3.81. The Bertz CT molecular complexity index is 640. The molecule has 0 saturated carbocycles. The molecule has 0 radical (unpaired) electrons. The van der Waals surface area contributed by atoms with Crippen LogP contribution in [0.5, 0.6) is 5.75 Å². The molecule has 4 heteroatoms. The van der Waals surface area contributed by atoms with Gasteiger partial charge in [-0.25, -0.2) is 4.98 Å². The monoisotopic (exact) mass is 320 g/mol. The second-order valence-corrected chi connectivity index (χ2v) is 5.93. The van der Waals surface area contributed by atoms with Crippen LogP contribution in [0.15, 0.2) is 16.6 Å². The predicted molar refractivity (Wildman–Crippen MR) is 81.7 cm³/mol. The molecule has 3 nitrogen and oxygen atoms in total. The Morgan fingerprint density at radius 1 is 1.21 bits per heavy atom. The van der Waals surface area contributed by atoms with E-state index < -0.39 is 0 Å². The van der Waals surface area contributed by atoms with Crippen molar-refractivity contribution in [3.05, 3.63) is 27.9 Å². The van der Waals surface area contributed by atoms with Crippen LogP contribution in [0.2, 0.25) is 0 Å². The molecule has 3 rings (SSSR count). The summed E-state index contributed by atoms with van der Waals surface area (Å²) in [7, 11) is 1.67.